The van der Waals surface area contributed by atoms with Gasteiger partial charge in [0.15, 0.2) is 11.5 Å². The standard InChI is InChI=1S/C24H17Cl2N3O7S/c1-2-35-23-12-15(11-16(14-27)24(30)28-17-4-9-20(25)21(26)13-17)3-10-22(23)36-37(33,34)19-7-5-18(6-8-19)29(31)32/h3-13H,2H2,1H3,(H,28,30)/b16-11-. The molecule has 0 spiro atoms. The van der Waals surface area contributed by atoms with E-state index in [0.29, 0.717) is 16.3 Å². The number of hydrogen-bond acceptors (Lipinski definition) is 8. The minimum absolute atomic E-state index is 0.0314. The van der Waals surface area contributed by atoms with Gasteiger partial charge in [-0.3, -0.25) is 14.9 Å². The molecule has 0 saturated carbocycles. The number of nitro benzene ring substituents is 1. The van der Waals surface area contributed by atoms with Gasteiger partial charge in [0.05, 0.1) is 21.6 Å². The third kappa shape index (κ3) is 6.98. The van der Waals surface area contributed by atoms with E-state index in [4.69, 9.17) is 32.1 Å². The van der Waals surface area contributed by atoms with Gasteiger partial charge < -0.3 is 14.2 Å². The first-order chi connectivity index (χ1) is 17.5. The van der Waals surface area contributed by atoms with Crippen molar-refractivity contribution in [3.05, 3.63) is 92.0 Å². The van der Waals surface area contributed by atoms with Gasteiger partial charge in [-0.2, -0.15) is 13.7 Å². The van der Waals surface area contributed by atoms with E-state index in [1.165, 1.54) is 42.5 Å². The fraction of sp³-hybridized carbons (Fsp3) is 0.0833. The van der Waals surface area contributed by atoms with Crippen LogP contribution >= 0.6 is 23.2 Å². The number of hydrogen-bond donors (Lipinski definition) is 1. The highest BCUT2D eigenvalue weighted by molar-refractivity contribution is 7.87. The van der Waals surface area contributed by atoms with E-state index in [0.717, 1.165) is 24.3 Å². The third-order valence-electron chi connectivity index (χ3n) is 4.66. The first kappa shape index (κ1) is 27.5. The Kier molecular flexibility index (Phi) is 8.73. The van der Waals surface area contributed by atoms with Gasteiger partial charge in [-0.1, -0.05) is 29.3 Å². The molecule has 0 bridgehead atoms. The smallest absolute Gasteiger partial charge is 0.339 e. The molecule has 3 rings (SSSR count). The predicted molar refractivity (Wildman–Crippen MR) is 137 cm³/mol. The number of nitriles is 1. The second-order valence-corrected chi connectivity index (χ2v) is 9.54. The molecule has 0 aliphatic heterocycles. The number of non-ortho nitro benzene ring substituents is 1. The largest absolute Gasteiger partial charge is 0.490 e. The Balaban J connectivity index is 1.86. The summed E-state index contributed by atoms with van der Waals surface area (Å²) < 4.78 is 36.0. The second kappa shape index (κ2) is 11.7. The van der Waals surface area contributed by atoms with Crippen LogP contribution in [-0.4, -0.2) is 25.9 Å². The topological polar surface area (TPSA) is 149 Å². The lowest BCUT2D eigenvalue weighted by atomic mass is 10.1. The molecule has 0 heterocycles. The zero-order chi connectivity index (χ0) is 27.2. The molecule has 3 aromatic rings. The number of nitrogens with zero attached hydrogens (tertiary/aromatic N) is 2. The molecule has 13 heteroatoms. The van der Waals surface area contributed by atoms with Gasteiger partial charge in [0.2, 0.25) is 0 Å². The maximum Gasteiger partial charge on any atom is 0.339 e. The zero-order valence-electron chi connectivity index (χ0n) is 19.0. The molecule has 190 valence electrons. The Morgan fingerprint density at radius 2 is 1.78 bits per heavy atom. The van der Waals surface area contributed by atoms with E-state index >= 15 is 0 Å². The van der Waals surface area contributed by atoms with E-state index < -0.39 is 20.9 Å². The van der Waals surface area contributed by atoms with E-state index in [1.54, 1.807) is 6.92 Å². The Morgan fingerprint density at radius 1 is 1.08 bits per heavy atom. The summed E-state index contributed by atoms with van der Waals surface area (Å²) in [5.74, 6) is -0.833. The summed E-state index contributed by atoms with van der Waals surface area (Å²) in [4.78, 5) is 22.4. The third-order valence-corrected chi connectivity index (χ3v) is 6.64. The van der Waals surface area contributed by atoms with Gasteiger partial charge in [0.25, 0.3) is 11.6 Å². The Hall–Kier alpha value is -4.11. The van der Waals surface area contributed by atoms with Gasteiger partial charge in [0, 0.05) is 17.8 Å². The average Bonchev–Trinajstić information content (AvgIpc) is 2.86. The van der Waals surface area contributed by atoms with Gasteiger partial charge in [-0.25, -0.2) is 0 Å². The molecule has 1 amide bonds. The van der Waals surface area contributed by atoms with E-state index in [-0.39, 0.29) is 39.3 Å². The summed E-state index contributed by atoms with van der Waals surface area (Å²) in [5, 5.41) is 23.4. The molecule has 0 fully saturated rings. The maximum absolute atomic E-state index is 12.7. The molecular formula is C24H17Cl2N3O7S. The molecule has 1 N–H and O–H groups in total. The van der Waals surface area contributed by atoms with Crippen LogP contribution in [0.3, 0.4) is 0 Å². The van der Waals surface area contributed by atoms with Crippen molar-refractivity contribution in [2.75, 3.05) is 11.9 Å². The number of rotatable bonds is 9. The SMILES string of the molecule is CCOc1cc(/C=C(/C#N)C(=O)Nc2ccc(Cl)c(Cl)c2)ccc1OS(=O)(=O)c1ccc([N+](=O)[O-])cc1. The Bertz CT molecular complexity index is 1530. The summed E-state index contributed by atoms with van der Waals surface area (Å²) in [6.07, 6.45) is 1.28. The highest BCUT2D eigenvalue weighted by Crippen LogP contribution is 2.32. The number of ether oxygens (including phenoxy) is 1. The summed E-state index contributed by atoms with van der Waals surface area (Å²) in [5.41, 5.74) is 0.155. The molecule has 3 aromatic carbocycles. The van der Waals surface area contributed by atoms with Gasteiger partial charge in [-0.05, 0) is 61.0 Å². The van der Waals surface area contributed by atoms with Crippen LogP contribution in [0.5, 0.6) is 11.5 Å². The van der Waals surface area contributed by atoms with Gasteiger partial charge >= 0.3 is 10.1 Å². The number of carbonyl (C=O) groups is 1. The van der Waals surface area contributed by atoms with Crippen LogP contribution in [-0.2, 0) is 14.9 Å². The van der Waals surface area contributed by atoms with Crippen molar-refractivity contribution in [2.45, 2.75) is 11.8 Å². The van der Waals surface area contributed by atoms with Crippen LogP contribution in [0.15, 0.2) is 71.1 Å². The summed E-state index contributed by atoms with van der Waals surface area (Å²) in [7, 11) is -4.35. The molecule has 0 aliphatic rings. The lowest BCUT2D eigenvalue weighted by Gasteiger charge is -2.13. The van der Waals surface area contributed by atoms with Crippen LogP contribution in [0, 0.1) is 21.4 Å². The number of nitro groups is 1. The summed E-state index contributed by atoms with van der Waals surface area (Å²) >= 11 is 11.8. The fourth-order valence-corrected chi connectivity index (χ4v) is 4.18. The van der Waals surface area contributed by atoms with Crippen molar-refractivity contribution in [3.63, 3.8) is 0 Å². The zero-order valence-corrected chi connectivity index (χ0v) is 21.3. The van der Waals surface area contributed by atoms with Crippen LogP contribution in [0.25, 0.3) is 6.08 Å². The van der Waals surface area contributed by atoms with Crippen molar-refractivity contribution in [2.24, 2.45) is 0 Å². The van der Waals surface area contributed by atoms with Crippen LogP contribution in [0.4, 0.5) is 11.4 Å². The summed E-state index contributed by atoms with van der Waals surface area (Å²) in [6.45, 7) is 1.83. The van der Waals surface area contributed by atoms with Crippen molar-refractivity contribution in [1.82, 2.24) is 0 Å². The molecule has 0 aromatic heterocycles. The number of amides is 1. The minimum Gasteiger partial charge on any atom is -0.490 e. The van der Waals surface area contributed by atoms with Crippen molar-refractivity contribution in [1.29, 1.82) is 5.26 Å². The Morgan fingerprint density at radius 3 is 2.38 bits per heavy atom. The Labute approximate surface area is 221 Å². The highest BCUT2D eigenvalue weighted by Gasteiger charge is 2.21. The predicted octanol–water partition coefficient (Wildman–Crippen LogP) is 5.61. The lowest BCUT2D eigenvalue weighted by Crippen LogP contribution is -2.13. The molecule has 37 heavy (non-hydrogen) atoms. The quantitative estimate of drug-likeness (QED) is 0.116. The number of halogens is 2. The second-order valence-electron chi connectivity index (χ2n) is 7.18. The lowest BCUT2D eigenvalue weighted by molar-refractivity contribution is -0.384. The number of carbonyl (C=O) groups excluding carboxylic acids is 1. The number of nitrogens with one attached hydrogen (secondary N) is 1. The summed E-state index contributed by atoms with van der Waals surface area (Å²) in [6, 6.07) is 14.6. The van der Waals surface area contributed by atoms with E-state index in [1.807, 2.05) is 6.07 Å². The fourth-order valence-electron chi connectivity index (χ4n) is 2.94. The molecule has 0 saturated heterocycles. The minimum atomic E-state index is -4.35. The number of benzene rings is 3. The van der Waals surface area contributed by atoms with E-state index in [2.05, 4.69) is 5.32 Å². The van der Waals surface area contributed by atoms with Gasteiger partial charge in [0.1, 0.15) is 16.5 Å². The van der Waals surface area contributed by atoms with Crippen molar-refractivity contribution >= 4 is 56.7 Å². The van der Waals surface area contributed by atoms with Crippen LogP contribution < -0.4 is 14.2 Å². The van der Waals surface area contributed by atoms with Crippen LogP contribution in [0.2, 0.25) is 10.0 Å². The first-order valence-electron chi connectivity index (χ1n) is 10.4. The number of anilines is 1. The normalized spacial score (nSPS) is 11.4. The molecule has 0 unspecified atom stereocenters. The molecule has 0 atom stereocenters. The van der Waals surface area contributed by atoms with Crippen LogP contribution in [0.1, 0.15) is 12.5 Å². The monoisotopic (exact) mass is 561 g/mol. The van der Waals surface area contributed by atoms with E-state index in [9.17, 15) is 28.6 Å². The average molecular weight is 562 g/mol. The molecule has 10 nitrogen and oxygen atoms in total. The molecule has 0 aliphatic carbocycles. The molecular weight excluding hydrogens is 545 g/mol. The highest BCUT2D eigenvalue weighted by atomic mass is 35.5. The van der Waals surface area contributed by atoms with Crippen molar-refractivity contribution in [3.8, 4) is 17.6 Å². The van der Waals surface area contributed by atoms with Gasteiger partial charge in [-0.15, -0.1) is 0 Å². The first-order valence-corrected chi connectivity index (χ1v) is 12.5. The molecule has 0 radical (unpaired) electrons. The maximum atomic E-state index is 12.7. The van der Waals surface area contributed by atoms with Crippen molar-refractivity contribution < 1.29 is 27.1 Å².